The molecule has 1 unspecified atom stereocenters. The van der Waals surface area contributed by atoms with Gasteiger partial charge in [-0.15, -0.1) is 0 Å². The van der Waals surface area contributed by atoms with Crippen LogP contribution in [0.5, 0.6) is 0 Å². The lowest BCUT2D eigenvalue weighted by atomic mass is 9.83. The number of aliphatic hydroxyl groups is 2. The first-order valence-corrected chi connectivity index (χ1v) is 4.59. The van der Waals surface area contributed by atoms with Gasteiger partial charge in [0.15, 0.2) is 6.29 Å². The molecule has 0 amide bonds. The fourth-order valence-corrected chi connectivity index (χ4v) is 1.76. The van der Waals surface area contributed by atoms with Crippen molar-refractivity contribution >= 4 is 0 Å². The molecule has 1 fully saturated rings. The van der Waals surface area contributed by atoms with E-state index in [1.165, 1.54) is 0 Å². The minimum atomic E-state index is -0.999. The first-order valence-electron chi connectivity index (χ1n) is 4.59. The topological polar surface area (TPSA) is 49.7 Å². The molecule has 3 nitrogen and oxygen atoms in total. The van der Waals surface area contributed by atoms with Gasteiger partial charge < -0.3 is 14.9 Å². The van der Waals surface area contributed by atoms with E-state index in [0.29, 0.717) is 5.92 Å². The summed E-state index contributed by atoms with van der Waals surface area (Å²) < 4.78 is 5.24. The van der Waals surface area contributed by atoms with Crippen LogP contribution >= 0.6 is 0 Å². The Balaban J connectivity index is 2.63. The molecule has 0 saturated carbocycles. The number of rotatable bonds is 1. The Kier molecular flexibility index (Phi) is 3.09. The van der Waals surface area contributed by atoms with Crippen molar-refractivity contribution in [3.05, 3.63) is 0 Å². The second kappa shape index (κ2) is 3.73. The number of hydrogen-bond donors (Lipinski definition) is 2. The van der Waals surface area contributed by atoms with E-state index in [0.717, 1.165) is 6.42 Å². The van der Waals surface area contributed by atoms with Gasteiger partial charge in [-0.3, -0.25) is 0 Å². The second-order valence-corrected chi connectivity index (χ2v) is 3.68. The lowest BCUT2D eigenvalue weighted by Crippen LogP contribution is -2.48. The summed E-state index contributed by atoms with van der Waals surface area (Å²) in [4.78, 5) is 0. The van der Waals surface area contributed by atoms with Gasteiger partial charge >= 0.3 is 0 Å². The van der Waals surface area contributed by atoms with E-state index in [1.54, 1.807) is 0 Å². The zero-order valence-corrected chi connectivity index (χ0v) is 7.90. The van der Waals surface area contributed by atoms with Crippen LogP contribution in [0.15, 0.2) is 0 Å². The van der Waals surface area contributed by atoms with Gasteiger partial charge in [0.25, 0.3) is 0 Å². The summed E-state index contributed by atoms with van der Waals surface area (Å²) in [6.45, 7) is 6.02. The molecular formula is C9H18O3. The predicted molar refractivity (Wildman–Crippen MR) is 45.5 cm³/mol. The summed E-state index contributed by atoms with van der Waals surface area (Å²) in [5.74, 6) is 0.423. The van der Waals surface area contributed by atoms with E-state index in [-0.39, 0.29) is 12.0 Å². The van der Waals surface area contributed by atoms with Gasteiger partial charge in [-0.25, -0.2) is 0 Å². The van der Waals surface area contributed by atoms with Crippen LogP contribution in [-0.4, -0.2) is 28.7 Å². The first-order chi connectivity index (χ1) is 5.57. The fourth-order valence-electron chi connectivity index (χ4n) is 1.76. The maximum atomic E-state index is 9.45. The quantitative estimate of drug-likeness (QED) is 0.616. The molecule has 0 spiro atoms. The molecule has 0 aromatic carbocycles. The van der Waals surface area contributed by atoms with Crippen molar-refractivity contribution in [1.82, 2.24) is 0 Å². The molecule has 12 heavy (non-hydrogen) atoms. The molecule has 1 heterocycles. The number of hydrogen-bond acceptors (Lipinski definition) is 3. The van der Waals surface area contributed by atoms with E-state index in [9.17, 15) is 10.2 Å². The van der Waals surface area contributed by atoms with Crippen LogP contribution < -0.4 is 0 Å². The Morgan fingerprint density at radius 1 is 1.17 bits per heavy atom. The highest BCUT2D eigenvalue weighted by molar-refractivity contribution is 4.82. The molecule has 0 bridgehead atoms. The van der Waals surface area contributed by atoms with Crippen molar-refractivity contribution in [1.29, 1.82) is 0 Å². The molecule has 0 aromatic heterocycles. The van der Waals surface area contributed by atoms with Crippen LogP contribution in [0.25, 0.3) is 0 Å². The normalized spacial score (nSPS) is 49.2. The molecule has 1 aliphatic rings. The third kappa shape index (κ3) is 1.63. The molecule has 72 valence electrons. The summed E-state index contributed by atoms with van der Waals surface area (Å²) in [6, 6.07) is 0. The van der Waals surface area contributed by atoms with Crippen LogP contribution in [-0.2, 0) is 4.74 Å². The van der Waals surface area contributed by atoms with E-state index in [1.807, 2.05) is 20.8 Å². The molecule has 1 saturated heterocycles. The molecule has 5 atom stereocenters. The van der Waals surface area contributed by atoms with Gasteiger partial charge in [0.1, 0.15) is 6.10 Å². The summed E-state index contributed by atoms with van der Waals surface area (Å²) in [6.07, 6.45) is -0.766. The summed E-state index contributed by atoms with van der Waals surface area (Å²) in [5, 5.41) is 18.8. The van der Waals surface area contributed by atoms with Crippen molar-refractivity contribution in [2.45, 2.75) is 45.7 Å². The maximum Gasteiger partial charge on any atom is 0.181 e. The van der Waals surface area contributed by atoms with E-state index in [4.69, 9.17) is 4.74 Å². The molecule has 1 aliphatic heterocycles. The first kappa shape index (κ1) is 9.96. The molecule has 0 aliphatic carbocycles. The summed E-state index contributed by atoms with van der Waals surface area (Å²) in [5.41, 5.74) is 0. The number of ether oxygens (including phenoxy) is 1. The Morgan fingerprint density at radius 2 is 1.75 bits per heavy atom. The Bertz CT molecular complexity index is 144. The van der Waals surface area contributed by atoms with Gasteiger partial charge in [-0.05, 0) is 18.3 Å². The minimum Gasteiger partial charge on any atom is -0.388 e. The smallest absolute Gasteiger partial charge is 0.181 e. The second-order valence-electron chi connectivity index (χ2n) is 3.68. The predicted octanol–water partition coefficient (Wildman–Crippen LogP) is 0.747. The molecular weight excluding hydrogens is 156 g/mol. The van der Waals surface area contributed by atoms with Crippen LogP contribution in [0.1, 0.15) is 27.2 Å². The van der Waals surface area contributed by atoms with Crippen molar-refractivity contribution in [3.8, 4) is 0 Å². The Labute approximate surface area is 73.4 Å². The van der Waals surface area contributed by atoms with Gasteiger partial charge in [0.2, 0.25) is 0 Å². The van der Waals surface area contributed by atoms with Crippen LogP contribution in [0.4, 0.5) is 0 Å². The highest BCUT2D eigenvalue weighted by Crippen LogP contribution is 2.30. The van der Waals surface area contributed by atoms with E-state index >= 15 is 0 Å². The zero-order chi connectivity index (χ0) is 9.30. The zero-order valence-electron chi connectivity index (χ0n) is 7.90. The van der Waals surface area contributed by atoms with Crippen LogP contribution in [0.3, 0.4) is 0 Å². The maximum absolute atomic E-state index is 9.45. The van der Waals surface area contributed by atoms with Crippen molar-refractivity contribution in [2.75, 3.05) is 0 Å². The molecule has 1 rings (SSSR count). The van der Waals surface area contributed by atoms with Crippen LogP contribution in [0, 0.1) is 11.8 Å². The third-order valence-electron chi connectivity index (χ3n) is 2.96. The van der Waals surface area contributed by atoms with Gasteiger partial charge in [0, 0.05) is 0 Å². The molecule has 2 N–H and O–H groups in total. The summed E-state index contributed by atoms with van der Waals surface area (Å²) >= 11 is 0. The average molecular weight is 174 g/mol. The largest absolute Gasteiger partial charge is 0.388 e. The molecule has 3 heteroatoms. The third-order valence-corrected chi connectivity index (χ3v) is 2.96. The standard InChI is InChI=1S/C9H18O3/c1-4-7-5(2)6(3)8(10)9(11)12-7/h5-11H,4H2,1-3H3/t5-,6-,7+,8-,9?/m0/s1. The van der Waals surface area contributed by atoms with Gasteiger partial charge in [-0.2, -0.15) is 0 Å². The Hall–Kier alpha value is -0.120. The fraction of sp³-hybridized carbons (Fsp3) is 1.00. The Morgan fingerprint density at radius 3 is 2.25 bits per heavy atom. The van der Waals surface area contributed by atoms with Crippen LogP contribution in [0.2, 0.25) is 0 Å². The lowest BCUT2D eigenvalue weighted by molar-refractivity contribution is -0.250. The van der Waals surface area contributed by atoms with Crippen molar-refractivity contribution < 1.29 is 14.9 Å². The highest BCUT2D eigenvalue weighted by atomic mass is 16.6. The average Bonchev–Trinajstić information content (AvgIpc) is 2.08. The monoisotopic (exact) mass is 174 g/mol. The lowest BCUT2D eigenvalue weighted by Gasteiger charge is -2.40. The van der Waals surface area contributed by atoms with E-state index < -0.39 is 12.4 Å². The highest BCUT2D eigenvalue weighted by Gasteiger charge is 2.38. The van der Waals surface area contributed by atoms with Gasteiger partial charge in [-0.1, -0.05) is 20.8 Å². The van der Waals surface area contributed by atoms with Gasteiger partial charge in [0.05, 0.1) is 6.10 Å². The SMILES string of the molecule is CC[C@H]1OC(O)[C@@H](O)[C@@H](C)[C@@H]1C. The summed E-state index contributed by atoms with van der Waals surface area (Å²) in [7, 11) is 0. The van der Waals surface area contributed by atoms with E-state index in [2.05, 4.69) is 0 Å². The van der Waals surface area contributed by atoms with Crippen molar-refractivity contribution in [2.24, 2.45) is 11.8 Å². The number of aliphatic hydroxyl groups excluding tert-OH is 2. The molecule has 0 aromatic rings. The minimum absolute atomic E-state index is 0.0819. The molecule has 0 radical (unpaired) electrons. The van der Waals surface area contributed by atoms with Crippen molar-refractivity contribution in [3.63, 3.8) is 0 Å².